The van der Waals surface area contributed by atoms with E-state index in [1.807, 2.05) is 16.7 Å². The van der Waals surface area contributed by atoms with Gasteiger partial charge in [-0.05, 0) is 12.2 Å². The summed E-state index contributed by atoms with van der Waals surface area (Å²) < 4.78 is 0. The molecular weight excluding hydrogens is 132 g/mol. The number of nitrogens with zero attached hydrogens (tertiary/aromatic N) is 2. The third-order valence-corrected chi connectivity index (χ3v) is 2.41. The van der Waals surface area contributed by atoms with Crippen LogP contribution in [0, 0.1) is 11.5 Å². The molecule has 50 valence electrons. The van der Waals surface area contributed by atoms with Crippen LogP contribution < -0.4 is 0 Å². The van der Waals surface area contributed by atoms with Crippen LogP contribution in [-0.2, 0) is 0 Å². The lowest BCUT2D eigenvalue weighted by Crippen LogP contribution is -2.19. The van der Waals surface area contributed by atoms with Crippen LogP contribution in [0.2, 0.25) is 0 Å². The van der Waals surface area contributed by atoms with E-state index in [4.69, 9.17) is 5.26 Å². The Hall–Kier alpha value is -0.360. The molecular formula is C6H10N2S. The van der Waals surface area contributed by atoms with Gasteiger partial charge >= 0.3 is 0 Å². The van der Waals surface area contributed by atoms with Gasteiger partial charge in [0.25, 0.3) is 0 Å². The molecule has 1 saturated heterocycles. The van der Waals surface area contributed by atoms with Gasteiger partial charge in [-0.1, -0.05) is 0 Å². The molecule has 0 aromatic carbocycles. The van der Waals surface area contributed by atoms with Crippen molar-refractivity contribution in [3.63, 3.8) is 0 Å². The highest BCUT2D eigenvalue weighted by Crippen LogP contribution is 2.08. The summed E-state index contributed by atoms with van der Waals surface area (Å²) in [6.45, 7) is 1.91. The average molecular weight is 142 g/mol. The van der Waals surface area contributed by atoms with E-state index in [1.54, 1.807) is 0 Å². The second-order valence-electron chi connectivity index (χ2n) is 2.05. The molecule has 0 unspecified atom stereocenters. The van der Waals surface area contributed by atoms with Gasteiger partial charge in [0.05, 0.1) is 0 Å². The molecule has 1 rings (SSSR count). The van der Waals surface area contributed by atoms with Crippen LogP contribution in [-0.4, -0.2) is 29.5 Å². The highest BCUT2D eigenvalue weighted by molar-refractivity contribution is 7.99. The molecule has 9 heavy (non-hydrogen) atoms. The Labute approximate surface area is 59.8 Å². The summed E-state index contributed by atoms with van der Waals surface area (Å²) in [5.41, 5.74) is 0. The highest BCUT2D eigenvalue weighted by Gasteiger charge is 2.04. The predicted molar refractivity (Wildman–Crippen MR) is 39.1 cm³/mol. The zero-order valence-corrected chi connectivity index (χ0v) is 6.15. The smallest absolute Gasteiger partial charge is 0.179 e. The number of nitriles is 1. The molecule has 1 fully saturated rings. The Morgan fingerprint density at radius 1 is 1.33 bits per heavy atom. The van der Waals surface area contributed by atoms with Gasteiger partial charge in [-0.25, -0.2) is 0 Å². The van der Waals surface area contributed by atoms with Gasteiger partial charge in [-0.3, -0.25) is 0 Å². The van der Waals surface area contributed by atoms with E-state index in [0.29, 0.717) is 0 Å². The second-order valence-corrected chi connectivity index (χ2v) is 3.28. The van der Waals surface area contributed by atoms with Gasteiger partial charge in [-0.15, -0.1) is 0 Å². The third kappa shape index (κ3) is 2.15. The van der Waals surface area contributed by atoms with E-state index in [2.05, 4.69) is 6.19 Å². The van der Waals surface area contributed by atoms with E-state index < -0.39 is 0 Å². The molecule has 1 aliphatic heterocycles. The zero-order chi connectivity index (χ0) is 6.53. The fraction of sp³-hybridized carbons (Fsp3) is 0.833. The zero-order valence-electron chi connectivity index (χ0n) is 5.34. The molecule has 0 bridgehead atoms. The van der Waals surface area contributed by atoms with Gasteiger partial charge in [0.2, 0.25) is 0 Å². The van der Waals surface area contributed by atoms with Crippen molar-refractivity contribution in [2.75, 3.05) is 24.6 Å². The normalized spacial score (nSPS) is 20.6. The summed E-state index contributed by atoms with van der Waals surface area (Å²) in [5, 5.41) is 8.48. The van der Waals surface area contributed by atoms with E-state index in [0.717, 1.165) is 25.3 Å². The fourth-order valence-electron chi connectivity index (χ4n) is 0.846. The molecule has 0 amide bonds. The summed E-state index contributed by atoms with van der Waals surface area (Å²) in [6, 6.07) is 0. The monoisotopic (exact) mass is 142 g/mol. The van der Waals surface area contributed by atoms with Crippen molar-refractivity contribution in [2.45, 2.75) is 6.42 Å². The lowest BCUT2D eigenvalue weighted by Gasteiger charge is -2.08. The van der Waals surface area contributed by atoms with Gasteiger partial charge in [-0.2, -0.15) is 17.0 Å². The van der Waals surface area contributed by atoms with Gasteiger partial charge in [0.15, 0.2) is 6.19 Å². The first-order chi connectivity index (χ1) is 4.43. The van der Waals surface area contributed by atoms with Crippen LogP contribution in [0.4, 0.5) is 0 Å². The number of hydrogen-bond donors (Lipinski definition) is 0. The van der Waals surface area contributed by atoms with Crippen molar-refractivity contribution in [1.29, 1.82) is 5.26 Å². The quantitative estimate of drug-likeness (QED) is 0.470. The van der Waals surface area contributed by atoms with Crippen LogP contribution in [0.1, 0.15) is 6.42 Å². The minimum absolute atomic E-state index is 0.946. The van der Waals surface area contributed by atoms with Crippen molar-refractivity contribution >= 4 is 11.8 Å². The maximum Gasteiger partial charge on any atom is 0.179 e. The molecule has 0 N–H and O–H groups in total. The van der Waals surface area contributed by atoms with Crippen molar-refractivity contribution in [2.24, 2.45) is 0 Å². The van der Waals surface area contributed by atoms with Crippen LogP contribution in [0.25, 0.3) is 0 Å². The number of thioether (sulfide) groups is 1. The molecule has 1 heterocycles. The van der Waals surface area contributed by atoms with E-state index in [1.165, 1.54) is 5.75 Å². The van der Waals surface area contributed by atoms with Crippen molar-refractivity contribution in [1.82, 2.24) is 4.90 Å². The van der Waals surface area contributed by atoms with Gasteiger partial charge in [0.1, 0.15) is 0 Å². The Morgan fingerprint density at radius 3 is 3.00 bits per heavy atom. The Kier molecular flexibility index (Phi) is 2.72. The molecule has 1 aliphatic rings. The number of rotatable bonds is 0. The highest BCUT2D eigenvalue weighted by atomic mass is 32.2. The summed E-state index contributed by atoms with van der Waals surface area (Å²) >= 11 is 1.94. The lowest BCUT2D eigenvalue weighted by atomic mass is 10.4. The lowest BCUT2D eigenvalue weighted by molar-refractivity contribution is 0.423. The molecule has 0 aliphatic carbocycles. The van der Waals surface area contributed by atoms with E-state index >= 15 is 0 Å². The first kappa shape index (κ1) is 6.76. The summed E-state index contributed by atoms with van der Waals surface area (Å²) in [5.74, 6) is 2.34. The van der Waals surface area contributed by atoms with Crippen LogP contribution >= 0.6 is 11.8 Å². The minimum Gasteiger partial charge on any atom is -0.310 e. The number of hydrogen-bond acceptors (Lipinski definition) is 3. The molecule has 0 spiro atoms. The SMILES string of the molecule is N#CN1CCCSCC1. The molecule has 0 saturated carbocycles. The maximum atomic E-state index is 8.48. The first-order valence-corrected chi connectivity index (χ1v) is 4.31. The van der Waals surface area contributed by atoms with Gasteiger partial charge < -0.3 is 4.90 Å². The van der Waals surface area contributed by atoms with Crippen molar-refractivity contribution in [3.8, 4) is 6.19 Å². The van der Waals surface area contributed by atoms with Crippen LogP contribution in [0.15, 0.2) is 0 Å². The first-order valence-electron chi connectivity index (χ1n) is 3.16. The third-order valence-electron chi connectivity index (χ3n) is 1.36. The second kappa shape index (κ2) is 3.62. The largest absolute Gasteiger partial charge is 0.310 e. The van der Waals surface area contributed by atoms with Crippen LogP contribution in [0.5, 0.6) is 0 Å². The molecule has 0 radical (unpaired) electrons. The molecule has 3 heteroatoms. The molecule has 0 atom stereocenters. The summed E-state index contributed by atoms with van der Waals surface area (Å²) in [7, 11) is 0. The Balaban J connectivity index is 2.29. The minimum atomic E-state index is 0.946. The fourth-order valence-corrected chi connectivity index (χ4v) is 1.73. The standard InChI is InChI=1S/C6H10N2S/c7-6-8-2-1-4-9-5-3-8/h1-5H2. The molecule has 2 nitrogen and oxygen atoms in total. The van der Waals surface area contributed by atoms with E-state index in [9.17, 15) is 0 Å². The summed E-state index contributed by atoms with van der Waals surface area (Å²) in [6.07, 6.45) is 3.33. The molecule has 0 aromatic heterocycles. The van der Waals surface area contributed by atoms with Gasteiger partial charge in [0, 0.05) is 18.8 Å². The molecule has 0 aromatic rings. The van der Waals surface area contributed by atoms with Crippen molar-refractivity contribution < 1.29 is 0 Å². The Morgan fingerprint density at radius 2 is 2.22 bits per heavy atom. The summed E-state index contributed by atoms with van der Waals surface area (Å²) in [4.78, 5) is 1.83. The maximum absolute atomic E-state index is 8.48. The van der Waals surface area contributed by atoms with Crippen molar-refractivity contribution in [3.05, 3.63) is 0 Å². The Bertz CT molecular complexity index is 111. The average Bonchev–Trinajstić information content (AvgIpc) is 2.13. The topological polar surface area (TPSA) is 27.0 Å². The van der Waals surface area contributed by atoms with E-state index in [-0.39, 0.29) is 0 Å². The van der Waals surface area contributed by atoms with Crippen LogP contribution in [0.3, 0.4) is 0 Å². The predicted octanol–water partition coefficient (Wildman–Crippen LogP) is 0.906.